The quantitative estimate of drug-likeness (QED) is 0.744. The monoisotopic (exact) mass is 379 g/mol. The molecular weight excluding hydrogens is 358 g/mol. The Bertz CT molecular complexity index is 952. The molecule has 0 aliphatic carbocycles. The molecule has 1 aliphatic rings. The summed E-state index contributed by atoms with van der Waals surface area (Å²) in [5, 5.41) is 5.51. The molecule has 0 aromatic heterocycles. The fourth-order valence-electron chi connectivity index (χ4n) is 2.91. The van der Waals surface area contributed by atoms with Crippen molar-refractivity contribution in [3.8, 4) is 0 Å². The molecule has 1 aliphatic heterocycles. The van der Waals surface area contributed by atoms with Crippen molar-refractivity contribution in [3.05, 3.63) is 65.2 Å². The van der Waals surface area contributed by atoms with Gasteiger partial charge in [-0.25, -0.2) is 0 Å². The van der Waals surface area contributed by atoms with E-state index in [-0.39, 0.29) is 18.9 Å². The molecule has 0 radical (unpaired) electrons. The molecule has 3 rings (SSSR count). The number of fused-ring (bicyclic) bond motifs is 3. The summed E-state index contributed by atoms with van der Waals surface area (Å²) in [6.07, 6.45) is 2.23. The maximum atomic E-state index is 12.7. The number of carbonyl (C=O) groups is 3. The highest BCUT2D eigenvalue weighted by Crippen LogP contribution is 2.23. The minimum atomic E-state index is -1.04. The van der Waals surface area contributed by atoms with Crippen LogP contribution in [0.15, 0.2) is 48.5 Å². The van der Waals surface area contributed by atoms with E-state index in [1.54, 1.807) is 48.6 Å². The number of primary amides is 1. The lowest BCUT2D eigenvalue weighted by Gasteiger charge is -2.18. The number of carbonyl (C=O) groups excluding carboxylic acids is 3. The summed E-state index contributed by atoms with van der Waals surface area (Å²) in [7, 11) is 0. The number of amides is 3. The summed E-state index contributed by atoms with van der Waals surface area (Å²) in [6, 6.07) is 12.3. The number of para-hydroxylation sites is 2. The first-order chi connectivity index (χ1) is 13.4. The Morgan fingerprint density at radius 1 is 1.14 bits per heavy atom. The smallest absolute Gasteiger partial charge is 0.255 e. The first-order valence-corrected chi connectivity index (χ1v) is 8.82. The molecule has 7 nitrogen and oxygen atoms in total. The zero-order chi connectivity index (χ0) is 20.1. The Morgan fingerprint density at radius 3 is 2.57 bits per heavy atom. The van der Waals surface area contributed by atoms with E-state index < -0.39 is 17.9 Å². The van der Waals surface area contributed by atoms with Crippen molar-refractivity contribution in [3.63, 3.8) is 0 Å². The van der Waals surface area contributed by atoms with Crippen molar-refractivity contribution in [1.82, 2.24) is 0 Å². The van der Waals surface area contributed by atoms with Crippen LogP contribution in [0.3, 0.4) is 0 Å². The standard InChI is InChI=1S/C21H21N3O4/c1-13-9-14-5-4-8-28-18(12-19(22)25)21(27)24-17-7-3-2-6-16(17)23-20(26)15(10-13)11-14/h2-7,9-11,18H,8,12H2,1H3,(H2,22,25)(H,23,26)(H,24,27)/b5-4-/t18-/m0/s1. The lowest BCUT2D eigenvalue weighted by atomic mass is 10.1. The molecule has 2 aromatic carbocycles. The molecule has 1 atom stereocenters. The fraction of sp³-hybridized carbons (Fsp3) is 0.190. The largest absolute Gasteiger partial charge is 0.370 e. The van der Waals surface area contributed by atoms with Gasteiger partial charge >= 0.3 is 0 Å². The molecule has 144 valence electrons. The summed E-state index contributed by atoms with van der Waals surface area (Å²) < 4.78 is 5.56. The molecule has 0 saturated heterocycles. The third kappa shape index (κ3) is 4.83. The van der Waals surface area contributed by atoms with Gasteiger partial charge in [0.25, 0.3) is 11.8 Å². The highest BCUT2D eigenvalue weighted by atomic mass is 16.5. The second-order valence-electron chi connectivity index (χ2n) is 6.52. The maximum Gasteiger partial charge on any atom is 0.255 e. The van der Waals surface area contributed by atoms with E-state index >= 15 is 0 Å². The average Bonchev–Trinajstić information content (AvgIpc) is 2.64. The summed E-state index contributed by atoms with van der Waals surface area (Å²) >= 11 is 0. The lowest BCUT2D eigenvalue weighted by molar-refractivity contribution is -0.132. The zero-order valence-corrected chi connectivity index (χ0v) is 15.4. The maximum absolute atomic E-state index is 12.7. The van der Waals surface area contributed by atoms with E-state index in [2.05, 4.69) is 10.6 Å². The summed E-state index contributed by atoms with van der Waals surface area (Å²) in [5.41, 5.74) is 8.36. The van der Waals surface area contributed by atoms with Crippen LogP contribution in [0.4, 0.5) is 11.4 Å². The van der Waals surface area contributed by atoms with Crippen LogP contribution in [-0.4, -0.2) is 30.4 Å². The Balaban J connectivity index is 2.01. The summed E-state index contributed by atoms with van der Waals surface area (Å²) in [4.78, 5) is 36.6. The van der Waals surface area contributed by atoms with E-state index in [9.17, 15) is 14.4 Å². The van der Waals surface area contributed by atoms with Gasteiger partial charge in [-0.2, -0.15) is 0 Å². The summed E-state index contributed by atoms with van der Waals surface area (Å²) in [6.45, 7) is 2.02. The van der Waals surface area contributed by atoms with E-state index in [4.69, 9.17) is 10.5 Å². The number of hydrogen-bond acceptors (Lipinski definition) is 4. The van der Waals surface area contributed by atoms with Crippen LogP contribution in [0.25, 0.3) is 6.08 Å². The van der Waals surface area contributed by atoms with E-state index in [0.717, 1.165) is 11.1 Å². The van der Waals surface area contributed by atoms with Crippen molar-refractivity contribution >= 4 is 35.2 Å². The first-order valence-electron chi connectivity index (χ1n) is 8.82. The minimum Gasteiger partial charge on any atom is -0.370 e. The fourth-order valence-corrected chi connectivity index (χ4v) is 2.91. The van der Waals surface area contributed by atoms with E-state index in [1.165, 1.54) is 0 Å². The van der Waals surface area contributed by atoms with Gasteiger partial charge in [-0.1, -0.05) is 30.4 Å². The van der Waals surface area contributed by atoms with Crippen molar-refractivity contribution in [2.24, 2.45) is 5.73 Å². The van der Waals surface area contributed by atoms with Gasteiger partial charge in [0.2, 0.25) is 5.91 Å². The van der Waals surface area contributed by atoms with Gasteiger partial charge in [-0.05, 0) is 42.3 Å². The number of hydrogen-bond donors (Lipinski definition) is 3. The second-order valence-corrected chi connectivity index (χ2v) is 6.52. The van der Waals surface area contributed by atoms with Gasteiger partial charge in [0.05, 0.1) is 24.4 Å². The SMILES string of the molecule is Cc1cc2cc(c1)C(=O)Nc1ccccc1NC(=O)[C@H](CC(N)=O)OC/C=C\2. The highest BCUT2D eigenvalue weighted by Gasteiger charge is 2.22. The number of benzene rings is 2. The van der Waals surface area contributed by atoms with Crippen LogP contribution < -0.4 is 16.4 Å². The van der Waals surface area contributed by atoms with Crippen molar-refractivity contribution in [2.45, 2.75) is 19.4 Å². The van der Waals surface area contributed by atoms with Gasteiger partial charge in [-0.15, -0.1) is 0 Å². The predicted octanol–water partition coefficient (Wildman–Crippen LogP) is 2.47. The third-order valence-electron chi connectivity index (χ3n) is 4.18. The van der Waals surface area contributed by atoms with Crippen LogP contribution in [0.2, 0.25) is 0 Å². The molecule has 0 saturated carbocycles. The van der Waals surface area contributed by atoms with Gasteiger partial charge in [0, 0.05) is 5.56 Å². The number of nitrogens with two attached hydrogens (primary N) is 1. The molecule has 2 aromatic rings. The Kier molecular flexibility index (Phi) is 5.86. The summed E-state index contributed by atoms with van der Waals surface area (Å²) in [5.74, 6) is -1.45. The number of rotatable bonds is 2. The van der Waals surface area contributed by atoms with Crippen LogP contribution in [0.5, 0.6) is 0 Å². The molecule has 7 heteroatoms. The van der Waals surface area contributed by atoms with Crippen molar-refractivity contribution in [1.29, 1.82) is 0 Å². The van der Waals surface area contributed by atoms with E-state index in [0.29, 0.717) is 16.9 Å². The van der Waals surface area contributed by atoms with Gasteiger partial charge in [-0.3, -0.25) is 14.4 Å². The molecule has 1 heterocycles. The molecule has 2 bridgehead atoms. The van der Waals surface area contributed by atoms with Crippen molar-refractivity contribution in [2.75, 3.05) is 17.2 Å². The molecule has 0 fully saturated rings. The normalized spacial score (nSPS) is 18.2. The molecule has 0 unspecified atom stereocenters. The molecule has 28 heavy (non-hydrogen) atoms. The Morgan fingerprint density at radius 2 is 1.86 bits per heavy atom. The number of nitrogens with one attached hydrogen (secondary N) is 2. The Hall–Kier alpha value is -3.45. The first kappa shape index (κ1) is 19.3. The highest BCUT2D eigenvalue weighted by molar-refractivity contribution is 6.08. The number of aryl methyl sites for hydroxylation is 1. The second kappa shape index (κ2) is 8.49. The molecule has 0 spiro atoms. The molecule has 4 N–H and O–H groups in total. The van der Waals surface area contributed by atoms with Crippen LogP contribution in [-0.2, 0) is 14.3 Å². The molecule has 3 amide bonds. The lowest BCUT2D eigenvalue weighted by Crippen LogP contribution is -2.35. The number of anilines is 2. The Labute approximate surface area is 162 Å². The van der Waals surface area contributed by atoms with Gasteiger partial charge in [0.15, 0.2) is 0 Å². The van der Waals surface area contributed by atoms with Gasteiger partial charge in [0.1, 0.15) is 6.10 Å². The predicted molar refractivity (Wildman–Crippen MR) is 107 cm³/mol. The van der Waals surface area contributed by atoms with Crippen molar-refractivity contribution < 1.29 is 19.1 Å². The average molecular weight is 379 g/mol. The van der Waals surface area contributed by atoms with Crippen LogP contribution in [0, 0.1) is 6.92 Å². The van der Waals surface area contributed by atoms with Crippen LogP contribution >= 0.6 is 0 Å². The van der Waals surface area contributed by atoms with E-state index in [1.807, 2.05) is 13.0 Å². The number of ether oxygens (including phenoxy) is 1. The molecular formula is C21H21N3O4. The topological polar surface area (TPSA) is 111 Å². The minimum absolute atomic E-state index is 0.114. The third-order valence-corrected chi connectivity index (χ3v) is 4.18. The van der Waals surface area contributed by atoms with Crippen LogP contribution in [0.1, 0.15) is 27.9 Å². The zero-order valence-electron chi connectivity index (χ0n) is 15.4. The van der Waals surface area contributed by atoms with Gasteiger partial charge < -0.3 is 21.1 Å².